The number of anilines is 1. The monoisotopic (exact) mass is 454 g/mol. The zero-order valence-electron chi connectivity index (χ0n) is 18.0. The molecule has 0 unspecified atom stereocenters. The molecule has 5 rings (SSSR count). The van der Waals surface area contributed by atoms with Crippen LogP contribution >= 0.6 is 11.6 Å². The van der Waals surface area contributed by atoms with Gasteiger partial charge in [-0.1, -0.05) is 60.1 Å². The van der Waals surface area contributed by atoms with Crippen LogP contribution in [-0.4, -0.2) is 10.1 Å². The molecule has 0 atom stereocenters. The maximum absolute atomic E-state index is 10.3. The molecule has 0 bridgehead atoms. The van der Waals surface area contributed by atoms with E-state index < -0.39 is 0 Å². The van der Waals surface area contributed by atoms with Crippen LogP contribution in [0.4, 0.5) is 5.69 Å². The van der Waals surface area contributed by atoms with Crippen LogP contribution in [0.5, 0.6) is 5.75 Å². The standard InChI is InChI=1S/C28H23ClN2O2/c29-23-9-6-20(7-10-23)16-28-31-25-17-24(11-13-27(25)33-28)30-18-22-15-21(8-12-26(22)32)14-19-4-2-1-3-5-19/h1-13,15,17,30,32H,14,16,18H2. The third-order valence-electron chi connectivity index (χ3n) is 5.58. The van der Waals surface area contributed by atoms with E-state index in [-0.39, 0.29) is 5.75 Å². The number of phenols is 1. The van der Waals surface area contributed by atoms with E-state index in [2.05, 4.69) is 22.4 Å². The quantitative estimate of drug-likeness (QED) is 0.278. The van der Waals surface area contributed by atoms with E-state index in [9.17, 15) is 5.11 Å². The van der Waals surface area contributed by atoms with E-state index >= 15 is 0 Å². The molecule has 5 aromatic rings. The average Bonchev–Trinajstić information content (AvgIpc) is 3.23. The first-order chi connectivity index (χ1) is 16.1. The SMILES string of the molecule is Oc1ccc(Cc2ccccc2)cc1CNc1ccc2oc(Cc3ccc(Cl)cc3)nc2c1. The van der Waals surface area contributed by atoms with E-state index in [0.717, 1.165) is 39.9 Å². The number of benzene rings is 4. The third kappa shape index (κ3) is 5.18. The Hall–Kier alpha value is -3.76. The smallest absolute Gasteiger partial charge is 0.199 e. The second-order valence-electron chi connectivity index (χ2n) is 8.07. The molecule has 1 heterocycles. The van der Waals surface area contributed by atoms with E-state index in [4.69, 9.17) is 16.0 Å². The van der Waals surface area contributed by atoms with Gasteiger partial charge in [0.2, 0.25) is 0 Å². The summed E-state index contributed by atoms with van der Waals surface area (Å²) in [6.07, 6.45) is 1.44. The summed E-state index contributed by atoms with van der Waals surface area (Å²) in [7, 11) is 0. The molecule has 0 spiro atoms. The average molecular weight is 455 g/mol. The zero-order chi connectivity index (χ0) is 22.6. The molecule has 0 aliphatic carbocycles. The predicted octanol–water partition coefficient (Wildman–Crippen LogP) is 6.98. The molecule has 5 heteroatoms. The highest BCUT2D eigenvalue weighted by atomic mass is 35.5. The van der Waals surface area contributed by atoms with Gasteiger partial charge >= 0.3 is 0 Å². The van der Waals surface area contributed by atoms with Crippen molar-refractivity contribution in [2.24, 2.45) is 0 Å². The summed E-state index contributed by atoms with van der Waals surface area (Å²) in [5, 5.41) is 14.4. The van der Waals surface area contributed by atoms with E-state index in [0.29, 0.717) is 23.9 Å². The molecule has 0 saturated carbocycles. The van der Waals surface area contributed by atoms with Crippen LogP contribution < -0.4 is 5.32 Å². The van der Waals surface area contributed by atoms with Crippen LogP contribution in [0.15, 0.2) is 95.4 Å². The molecule has 33 heavy (non-hydrogen) atoms. The Bertz CT molecular complexity index is 1380. The number of oxazole rings is 1. The Kier molecular flexibility index (Phi) is 6.01. The van der Waals surface area contributed by atoms with Crippen LogP contribution in [0.3, 0.4) is 0 Å². The fraction of sp³-hybridized carbons (Fsp3) is 0.107. The largest absolute Gasteiger partial charge is 0.508 e. The lowest BCUT2D eigenvalue weighted by Crippen LogP contribution is -2.01. The fourth-order valence-electron chi connectivity index (χ4n) is 3.86. The molecule has 0 amide bonds. The third-order valence-corrected chi connectivity index (χ3v) is 5.83. The molecule has 4 nitrogen and oxygen atoms in total. The van der Waals surface area contributed by atoms with Crippen molar-refractivity contribution >= 4 is 28.4 Å². The summed E-state index contributed by atoms with van der Waals surface area (Å²) in [4.78, 5) is 4.64. The lowest BCUT2D eigenvalue weighted by atomic mass is 10.0. The molecule has 4 aromatic carbocycles. The van der Waals surface area contributed by atoms with Gasteiger partial charge in [0.05, 0.1) is 0 Å². The summed E-state index contributed by atoms with van der Waals surface area (Å²) in [6.45, 7) is 0.509. The van der Waals surface area contributed by atoms with Crippen molar-refractivity contribution in [1.29, 1.82) is 0 Å². The molecule has 0 radical (unpaired) electrons. The molecule has 0 aliphatic heterocycles. The van der Waals surface area contributed by atoms with Crippen LogP contribution in [0.1, 0.15) is 28.1 Å². The molecule has 2 N–H and O–H groups in total. The van der Waals surface area contributed by atoms with Crippen molar-refractivity contribution < 1.29 is 9.52 Å². The van der Waals surface area contributed by atoms with Crippen molar-refractivity contribution in [2.75, 3.05) is 5.32 Å². The summed E-state index contributed by atoms with van der Waals surface area (Å²) in [6, 6.07) is 29.6. The lowest BCUT2D eigenvalue weighted by molar-refractivity contribution is 0.469. The van der Waals surface area contributed by atoms with Gasteiger partial charge in [0, 0.05) is 29.2 Å². The molecule has 0 fully saturated rings. The fourth-order valence-corrected chi connectivity index (χ4v) is 3.98. The number of phenolic OH excluding ortho intramolecular Hbond substituents is 1. The Balaban J connectivity index is 1.28. The first-order valence-corrected chi connectivity index (χ1v) is 11.2. The Morgan fingerprint density at radius 1 is 0.788 bits per heavy atom. The highest BCUT2D eigenvalue weighted by molar-refractivity contribution is 6.30. The van der Waals surface area contributed by atoms with Gasteiger partial charge < -0.3 is 14.8 Å². The van der Waals surface area contributed by atoms with Crippen LogP contribution in [0.2, 0.25) is 5.02 Å². The first kappa shape index (κ1) is 21.1. The van der Waals surface area contributed by atoms with Crippen molar-refractivity contribution in [2.45, 2.75) is 19.4 Å². The zero-order valence-corrected chi connectivity index (χ0v) is 18.7. The van der Waals surface area contributed by atoms with Gasteiger partial charge in [0.15, 0.2) is 11.5 Å². The molecule has 1 aromatic heterocycles. The van der Waals surface area contributed by atoms with Gasteiger partial charge in [-0.2, -0.15) is 0 Å². The molecule has 0 aliphatic rings. The number of rotatable bonds is 7. The topological polar surface area (TPSA) is 58.3 Å². The van der Waals surface area contributed by atoms with Gasteiger partial charge in [-0.3, -0.25) is 0 Å². The van der Waals surface area contributed by atoms with Crippen LogP contribution in [0, 0.1) is 0 Å². The van der Waals surface area contributed by atoms with Gasteiger partial charge in [0.1, 0.15) is 11.3 Å². The number of aromatic nitrogens is 1. The number of nitrogens with zero attached hydrogens (tertiary/aromatic N) is 1. The molecular formula is C28H23ClN2O2. The van der Waals surface area contributed by atoms with Gasteiger partial charge in [-0.15, -0.1) is 0 Å². The van der Waals surface area contributed by atoms with Gasteiger partial charge in [0.25, 0.3) is 0 Å². The van der Waals surface area contributed by atoms with E-state index in [1.807, 2.05) is 72.8 Å². The Morgan fingerprint density at radius 3 is 2.36 bits per heavy atom. The summed E-state index contributed by atoms with van der Waals surface area (Å²) < 4.78 is 5.90. The van der Waals surface area contributed by atoms with E-state index in [1.54, 1.807) is 6.07 Å². The maximum Gasteiger partial charge on any atom is 0.199 e. The second kappa shape index (κ2) is 9.39. The predicted molar refractivity (Wildman–Crippen MR) is 133 cm³/mol. The van der Waals surface area contributed by atoms with Crippen molar-refractivity contribution in [3.8, 4) is 5.75 Å². The number of fused-ring (bicyclic) bond motifs is 1. The lowest BCUT2D eigenvalue weighted by Gasteiger charge is -2.10. The number of halogens is 1. The number of hydrogen-bond donors (Lipinski definition) is 2. The maximum atomic E-state index is 10.3. The first-order valence-electron chi connectivity index (χ1n) is 10.8. The van der Waals surface area contributed by atoms with Crippen molar-refractivity contribution in [3.63, 3.8) is 0 Å². The molecular weight excluding hydrogens is 432 g/mol. The van der Waals surface area contributed by atoms with Crippen LogP contribution in [0.25, 0.3) is 11.1 Å². The normalized spacial score (nSPS) is 11.1. The molecule has 164 valence electrons. The minimum Gasteiger partial charge on any atom is -0.508 e. The summed E-state index contributed by atoms with van der Waals surface area (Å²) in [5.41, 5.74) is 6.81. The van der Waals surface area contributed by atoms with Gasteiger partial charge in [-0.05, 0) is 65.6 Å². The van der Waals surface area contributed by atoms with Gasteiger partial charge in [-0.25, -0.2) is 4.98 Å². The van der Waals surface area contributed by atoms with E-state index in [1.165, 1.54) is 5.56 Å². The second-order valence-corrected chi connectivity index (χ2v) is 8.51. The number of nitrogens with one attached hydrogen (secondary N) is 1. The number of aromatic hydroxyl groups is 1. The Labute approximate surface area is 197 Å². The number of hydrogen-bond acceptors (Lipinski definition) is 4. The highest BCUT2D eigenvalue weighted by Crippen LogP contribution is 2.25. The minimum atomic E-state index is 0.284. The summed E-state index contributed by atoms with van der Waals surface area (Å²) in [5.74, 6) is 0.947. The summed E-state index contributed by atoms with van der Waals surface area (Å²) >= 11 is 5.96. The minimum absolute atomic E-state index is 0.284. The Morgan fingerprint density at radius 2 is 1.55 bits per heavy atom. The van der Waals surface area contributed by atoms with Crippen molar-refractivity contribution in [3.05, 3.63) is 124 Å². The highest BCUT2D eigenvalue weighted by Gasteiger charge is 2.09. The molecule has 0 saturated heterocycles. The van der Waals surface area contributed by atoms with Crippen LogP contribution in [-0.2, 0) is 19.4 Å². The van der Waals surface area contributed by atoms with Crippen molar-refractivity contribution in [1.82, 2.24) is 4.98 Å².